The Hall–Kier alpha value is -3.76. The average Bonchev–Trinajstić information content (AvgIpc) is 2.69. The minimum Gasteiger partial charge on any atom is -0.479 e. The Morgan fingerprint density at radius 3 is 0.929 bits per heavy atom. The van der Waals surface area contributed by atoms with Crippen molar-refractivity contribution in [2.24, 2.45) is 0 Å². The van der Waals surface area contributed by atoms with Gasteiger partial charge >= 0.3 is 23.9 Å². The van der Waals surface area contributed by atoms with Crippen LogP contribution >= 0.6 is 0 Å². The first kappa shape index (κ1) is 24.2. The number of aliphatic hydroxyl groups is 2. The van der Waals surface area contributed by atoms with Gasteiger partial charge in [-0.15, -0.1) is 0 Å². The van der Waals surface area contributed by atoms with Crippen LogP contribution < -0.4 is 0 Å². The fraction of sp³-hybridized carbons (Fsp3) is 0.111. The predicted octanol–water partition coefficient (Wildman–Crippen LogP) is 0.647. The zero-order chi connectivity index (χ0) is 21.7. The summed E-state index contributed by atoms with van der Waals surface area (Å²) in [5.74, 6) is -5.30. The van der Waals surface area contributed by atoms with Crippen LogP contribution in [-0.4, -0.2) is 66.7 Å². The summed E-state index contributed by atoms with van der Waals surface area (Å²) in [4.78, 5) is 39.9. The molecule has 0 saturated carbocycles. The van der Waals surface area contributed by atoms with Gasteiger partial charge in [0.1, 0.15) is 0 Å². The molecule has 28 heavy (non-hydrogen) atoms. The molecule has 2 aromatic carbocycles. The second kappa shape index (κ2) is 12.6. The van der Waals surface area contributed by atoms with Crippen LogP contribution in [0.2, 0.25) is 0 Å². The van der Waals surface area contributed by atoms with Crippen LogP contribution in [0.25, 0.3) is 0 Å². The van der Waals surface area contributed by atoms with Gasteiger partial charge in [-0.3, -0.25) is 0 Å². The Morgan fingerprint density at radius 1 is 0.536 bits per heavy atom. The molecular formula is C18H18O10. The molecule has 10 nitrogen and oxygen atoms in total. The maximum absolute atomic E-state index is 10.2. The van der Waals surface area contributed by atoms with Crippen molar-refractivity contribution in [2.75, 3.05) is 0 Å². The van der Waals surface area contributed by atoms with E-state index >= 15 is 0 Å². The van der Waals surface area contributed by atoms with Crippen molar-refractivity contribution in [3.8, 4) is 0 Å². The van der Waals surface area contributed by atoms with Crippen molar-refractivity contribution in [1.29, 1.82) is 0 Å². The Kier molecular flexibility index (Phi) is 10.9. The molecular weight excluding hydrogens is 376 g/mol. The lowest BCUT2D eigenvalue weighted by Gasteiger charge is -2.07. The van der Waals surface area contributed by atoms with E-state index in [1.54, 1.807) is 60.7 Å². The van der Waals surface area contributed by atoms with Crippen molar-refractivity contribution in [3.63, 3.8) is 0 Å². The van der Waals surface area contributed by atoms with Gasteiger partial charge in [0, 0.05) is 0 Å². The molecule has 0 radical (unpaired) electrons. The monoisotopic (exact) mass is 394 g/mol. The molecule has 6 N–H and O–H groups in total. The fourth-order valence-corrected chi connectivity index (χ4v) is 1.43. The summed E-state index contributed by atoms with van der Waals surface area (Å²) >= 11 is 0. The number of hydrogen-bond donors (Lipinski definition) is 6. The summed E-state index contributed by atoms with van der Waals surface area (Å²) in [5, 5.41) is 49.3. The molecule has 0 aliphatic rings. The summed E-state index contributed by atoms with van der Waals surface area (Å²) in [6.45, 7) is 0. The van der Waals surface area contributed by atoms with Gasteiger partial charge in [0.25, 0.3) is 0 Å². The van der Waals surface area contributed by atoms with Gasteiger partial charge in [-0.05, 0) is 24.3 Å². The van der Waals surface area contributed by atoms with Crippen molar-refractivity contribution in [3.05, 3.63) is 71.8 Å². The molecule has 0 bridgehead atoms. The van der Waals surface area contributed by atoms with Gasteiger partial charge < -0.3 is 30.6 Å². The molecule has 2 aromatic rings. The molecule has 0 aliphatic heterocycles. The van der Waals surface area contributed by atoms with Crippen LogP contribution in [0, 0.1) is 0 Å². The van der Waals surface area contributed by atoms with Crippen LogP contribution in [0.1, 0.15) is 20.7 Å². The minimum absolute atomic E-state index is 0.331. The number of carboxylic acids is 4. The lowest BCUT2D eigenvalue weighted by molar-refractivity contribution is -0.165. The molecule has 0 aromatic heterocycles. The average molecular weight is 394 g/mol. The second-order valence-electron chi connectivity index (χ2n) is 4.91. The van der Waals surface area contributed by atoms with Crippen molar-refractivity contribution in [1.82, 2.24) is 0 Å². The van der Waals surface area contributed by atoms with E-state index in [2.05, 4.69) is 0 Å². The normalized spacial score (nSPS) is 11.4. The van der Waals surface area contributed by atoms with E-state index in [0.717, 1.165) is 0 Å². The van der Waals surface area contributed by atoms with E-state index in [-0.39, 0.29) is 0 Å². The van der Waals surface area contributed by atoms with Gasteiger partial charge in [0.2, 0.25) is 0 Å². The van der Waals surface area contributed by atoms with Gasteiger partial charge in [-0.25, -0.2) is 19.2 Å². The zero-order valence-electron chi connectivity index (χ0n) is 14.2. The molecule has 2 unspecified atom stereocenters. The Bertz CT molecular complexity index is 706. The standard InChI is InChI=1S/2C7H6O2.C4H6O6/c2*8-7(9)6-4-2-1-3-5-6;5-1(3(7)8)2(6)4(9)10/h2*1-5H,(H,8,9);1-2,5-6H,(H,7,8)(H,9,10). The highest BCUT2D eigenvalue weighted by Gasteiger charge is 2.29. The Labute approximate surface area is 158 Å². The number of benzene rings is 2. The van der Waals surface area contributed by atoms with E-state index in [4.69, 9.17) is 30.6 Å². The van der Waals surface area contributed by atoms with E-state index in [1.807, 2.05) is 0 Å². The molecule has 0 spiro atoms. The quantitative estimate of drug-likeness (QED) is 0.420. The summed E-state index contributed by atoms with van der Waals surface area (Å²) < 4.78 is 0. The van der Waals surface area contributed by atoms with Crippen molar-refractivity contribution >= 4 is 23.9 Å². The summed E-state index contributed by atoms with van der Waals surface area (Å²) in [7, 11) is 0. The first-order valence-electron chi connectivity index (χ1n) is 7.46. The third kappa shape index (κ3) is 9.65. The number of carboxylic acid groups (broad SMARTS) is 4. The number of carbonyl (C=O) groups is 4. The van der Waals surface area contributed by atoms with Gasteiger partial charge in [0.15, 0.2) is 12.2 Å². The third-order valence-corrected chi connectivity index (χ3v) is 2.85. The topological polar surface area (TPSA) is 190 Å². The SMILES string of the molecule is O=C(O)C(O)C(O)C(=O)O.O=C(O)c1ccccc1.O=C(O)c1ccccc1. The first-order valence-corrected chi connectivity index (χ1v) is 7.46. The minimum atomic E-state index is -2.27. The van der Waals surface area contributed by atoms with E-state index < -0.39 is 36.1 Å². The van der Waals surface area contributed by atoms with Crippen LogP contribution in [0.5, 0.6) is 0 Å². The van der Waals surface area contributed by atoms with E-state index in [9.17, 15) is 19.2 Å². The van der Waals surface area contributed by atoms with Crippen LogP contribution in [0.15, 0.2) is 60.7 Å². The maximum atomic E-state index is 10.2. The molecule has 0 saturated heterocycles. The number of aliphatic carboxylic acids is 2. The maximum Gasteiger partial charge on any atom is 0.335 e. The Morgan fingerprint density at radius 2 is 0.786 bits per heavy atom. The fourth-order valence-electron chi connectivity index (χ4n) is 1.43. The third-order valence-electron chi connectivity index (χ3n) is 2.85. The van der Waals surface area contributed by atoms with Crippen molar-refractivity contribution < 1.29 is 49.8 Å². The smallest absolute Gasteiger partial charge is 0.335 e. The molecule has 0 amide bonds. The molecule has 0 fully saturated rings. The van der Waals surface area contributed by atoms with Crippen LogP contribution in [0.4, 0.5) is 0 Å². The van der Waals surface area contributed by atoms with Gasteiger partial charge in [-0.2, -0.15) is 0 Å². The van der Waals surface area contributed by atoms with Crippen LogP contribution in [0.3, 0.4) is 0 Å². The summed E-state index contributed by atoms with van der Waals surface area (Å²) in [6, 6.07) is 16.6. The Balaban J connectivity index is 0.000000391. The highest BCUT2D eigenvalue weighted by atomic mass is 16.4. The molecule has 0 aliphatic carbocycles. The predicted molar refractivity (Wildman–Crippen MR) is 94.1 cm³/mol. The number of hydrogen-bond acceptors (Lipinski definition) is 6. The molecule has 150 valence electrons. The van der Waals surface area contributed by atoms with E-state index in [0.29, 0.717) is 11.1 Å². The zero-order valence-corrected chi connectivity index (χ0v) is 14.2. The van der Waals surface area contributed by atoms with Crippen LogP contribution in [-0.2, 0) is 9.59 Å². The molecule has 2 rings (SSSR count). The van der Waals surface area contributed by atoms with E-state index in [1.165, 1.54) is 0 Å². The number of rotatable bonds is 5. The lowest BCUT2D eigenvalue weighted by atomic mass is 10.2. The molecule has 2 atom stereocenters. The second-order valence-corrected chi connectivity index (χ2v) is 4.91. The lowest BCUT2D eigenvalue weighted by Crippen LogP contribution is -2.39. The largest absolute Gasteiger partial charge is 0.479 e. The molecule has 0 heterocycles. The van der Waals surface area contributed by atoms with Gasteiger partial charge in [-0.1, -0.05) is 36.4 Å². The highest BCUT2D eigenvalue weighted by Crippen LogP contribution is 1.97. The summed E-state index contributed by atoms with van der Waals surface area (Å²) in [5.41, 5.74) is 0.662. The highest BCUT2D eigenvalue weighted by molar-refractivity contribution is 5.87. The number of aliphatic hydroxyl groups excluding tert-OH is 2. The number of aromatic carboxylic acids is 2. The first-order chi connectivity index (χ1) is 13.1. The van der Waals surface area contributed by atoms with Crippen molar-refractivity contribution in [2.45, 2.75) is 12.2 Å². The molecule has 10 heteroatoms. The summed E-state index contributed by atoms with van der Waals surface area (Å²) in [6.07, 6.45) is -4.53. The van der Waals surface area contributed by atoms with Gasteiger partial charge in [0.05, 0.1) is 11.1 Å².